The highest BCUT2D eigenvalue weighted by atomic mass is 16.3. The van der Waals surface area contributed by atoms with E-state index < -0.39 is 0 Å². The Morgan fingerprint density at radius 3 is 1.51 bits per heavy atom. The summed E-state index contributed by atoms with van der Waals surface area (Å²) in [5.41, 5.74) is 9.24. The number of benzene rings is 10. The van der Waals surface area contributed by atoms with Crippen molar-refractivity contribution in [2.45, 2.75) is 0 Å². The zero-order valence-corrected chi connectivity index (χ0v) is 27.7. The third-order valence-corrected chi connectivity index (χ3v) is 10.8. The Bertz CT molecular complexity index is 3130. The Labute approximate surface area is 294 Å². The number of rotatable bonds is 3. The van der Waals surface area contributed by atoms with E-state index in [0.29, 0.717) is 0 Å². The SMILES string of the molecule is c1ccc2c(-c3ccc4oc5ccc6ccccc6c5c4c3)cc(-c3c4ccccc4c(-c4cccc5ccccc45)c4ccccc34)cc2c1. The minimum Gasteiger partial charge on any atom is -0.456 e. The van der Waals surface area contributed by atoms with Gasteiger partial charge in [-0.05, 0) is 118 Å². The van der Waals surface area contributed by atoms with Crippen LogP contribution in [0.2, 0.25) is 0 Å². The van der Waals surface area contributed by atoms with Gasteiger partial charge in [-0.3, -0.25) is 0 Å². The van der Waals surface area contributed by atoms with Crippen molar-refractivity contribution in [3.8, 4) is 33.4 Å². The van der Waals surface area contributed by atoms with Crippen LogP contribution in [0.1, 0.15) is 0 Å². The Morgan fingerprint density at radius 2 is 0.804 bits per heavy atom. The second-order valence-corrected chi connectivity index (χ2v) is 13.6. The maximum absolute atomic E-state index is 6.40. The van der Waals surface area contributed by atoms with Crippen molar-refractivity contribution in [1.29, 1.82) is 0 Å². The average Bonchev–Trinajstić information content (AvgIpc) is 3.58. The lowest BCUT2D eigenvalue weighted by atomic mass is 9.83. The van der Waals surface area contributed by atoms with Gasteiger partial charge >= 0.3 is 0 Å². The topological polar surface area (TPSA) is 13.1 Å². The summed E-state index contributed by atoms with van der Waals surface area (Å²) in [6.07, 6.45) is 0. The molecule has 0 bridgehead atoms. The average molecular weight is 647 g/mol. The molecular formula is C50H30O. The minimum absolute atomic E-state index is 0.909. The van der Waals surface area contributed by atoms with E-state index in [9.17, 15) is 0 Å². The van der Waals surface area contributed by atoms with Gasteiger partial charge in [-0.25, -0.2) is 0 Å². The summed E-state index contributed by atoms with van der Waals surface area (Å²) < 4.78 is 6.40. The van der Waals surface area contributed by atoms with Gasteiger partial charge in [-0.15, -0.1) is 0 Å². The molecule has 10 aromatic carbocycles. The maximum Gasteiger partial charge on any atom is 0.136 e. The Kier molecular flexibility index (Phi) is 6.02. The monoisotopic (exact) mass is 646 g/mol. The molecule has 11 aromatic rings. The van der Waals surface area contributed by atoms with E-state index >= 15 is 0 Å². The summed E-state index contributed by atoms with van der Waals surface area (Å²) in [6, 6.07) is 66.4. The maximum atomic E-state index is 6.40. The molecule has 0 unspecified atom stereocenters. The highest BCUT2D eigenvalue weighted by Gasteiger charge is 2.20. The highest BCUT2D eigenvalue weighted by Crippen LogP contribution is 2.47. The van der Waals surface area contributed by atoms with Gasteiger partial charge in [-0.1, -0.05) is 152 Å². The lowest BCUT2D eigenvalue weighted by Gasteiger charge is -2.20. The largest absolute Gasteiger partial charge is 0.456 e. The van der Waals surface area contributed by atoms with Crippen molar-refractivity contribution in [1.82, 2.24) is 0 Å². The molecule has 51 heavy (non-hydrogen) atoms. The summed E-state index contributed by atoms with van der Waals surface area (Å²) >= 11 is 0. The molecule has 0 aliphatic rings. The highest BCUT2D eigenvalue weighted by molar-refractivity contribution is 6.24. The molecule has 1 aromatic heterocycles. The fourth-order valence-electron chi connectivity index (χ4n) is 8.58. The molecule has 0 fully saturated rings. The van der Waals surface area contributed by atoms with Crippen molar-refractivity contribution in [2.24, 2.45) is 0 Å². The molecular weight excluding hydrogens is 617 g/mol. The van der Waals surface area contributed by atoms with Crippen molar-refractivity contribution < 1.29 is 4.42 Å². The van der Waals surface area contributed by atoms with Gasteiger partial charge < -0.3 is 4.42 Å². The molecule has 1 heterocycles. The van der Waals surface area contributed by atoms with Gasteiger partial charge in [0, 0.05) is 10.8 Å². The van der Waals surface area contributed by atoms with Crippen molar-refractivity contribution in [3.05, 3.63) is 182 Å². The molecule has 0 aliphatic carbocycles. The molecule has 0 radical (unpaired) electrons. The Hall–Kier alpha value is -6.70. The quantitative estimate of drug-likeness (QED) is 0.174. The first-order chi connectivity index (χ1) is 25.3. The summed E-state index contributed by atoms with van der Waals surface area (Å²) in [5.74, 6) is 0. The summed E-state index contributed by atoms with van der Waals surface area (Å²) in [5, 5.41) is 14.8. The van der Waals surface area contributed by atoms with E-state index in [1.807, 2.05) is 0 Å². The molecule has 0 saturated heterocycles. The molecule has 1 nitrogen and oxygen atoms in total. The standard InChI is InChI=1S/C50H30O/c1-4-16-36-31(12-1)15-11-23-39(36)49-42-21-9-7-19-40(42)48(41-20-8-10-22-43(41)49)35-28-33-14-3-5-17-37(33)44(30-35)34-25-26-46-45(29-34)50-38-18-6-2-13-32(38)24-27-47(50)51-46/h1-30H. The first-order valence-electron chi connectivity index (χ1n) is 17.6. The van der Waals surface area contributed by atoms with E-state index in [1.54, 1.807) is 0 Å². The fourth-order valence-corrected chi connectivity index (χ4v) is 8.58. The van der Waals surface area contributed by atoms with Crippen LogP contribution < -0.4 is 0 Å². The number of fused-ring (bicyclic) bond motifs is 9. The van der Waals surface area contributed by atoms with Crippen LogP contribution in [-0.2, 0) is 0 Å². The lowest BCUT2D eigenvalue weighted by Crippen LogP contribution is -1.92. The molecule has 11 rings (SSSR count). The van der Waals surface area contributed by atoms with Crippen molar-refractivity contribution in [3.63, 3.8) is 0 Å². The first kappa shape index (κ1) is 28.2. The molecule has 0 amide bonds. The normalized spacial score (nSPS) is 11.9. The van der Waals surface area contributed by atoms with Gasteiger partial charge in [0.05, 0.1) is 0 Å². The third kappa shape index (κ3) is 4.22. The molecule has 1 heteroatoms. The fraction of sp³-hybridized carbons (Fsp3) is 0. The van der Waals surface area contributed by atoms with Crippen molar-refractivity contribution in [2.75, 3.05) is 0 Å². The van der Waals surface area contributed by atoms with Gasteiger partial charge in [-0.2, -0.15) is 0 Å². The van der Waals surface area contributed by atoms with E-state index in [1.165, 1.54) is 92.6 Å². The van der Waals surface area contributed by atoms with Crippen LogP contribution in [-0.4, -0.2) is 0 Å². The Balaban J connectivity index is 1.22. The summed E-state index contributed by atoms with van der Waals surface area (Å²) in [6.45, 7) is 0. The number of furan rings is 1. The van der Waals surface area contributed by atoms with E-state index in [2.05, 4.69) is 182 Å². The second kappa shape index (κ2) is 10.9. The van der Waals surface area contributed by atoms with Gasteiger partial charge in [0.15, 0.2) is 0 Å². The summed E-state index contributed by atoms with van der Waals surface area (Å²) in [4.78, 5) is 0. The molecule has 236 valence electrons. The zero-order valence-electron chi connectivity index (χ0n) is 27.7. The van der Waals surface area contributed by atoms with Crippen molar-refractivity contribution >= 4 is 75.8 Å². The number of hydrogen-bond acceptors (Lipinski definition) is 1. The van der Waals surface area contributed by atoms with Crippen LogP contribution >= 0.6 is 0 Å². The molecule has 0 saturated carbocycles. The third-order valence-electron chi connectivity index (χ3n) is 10.8. The van der Waals surface area contributed by atoms with Crippen LogP contribution in [0.5, 0.6) is 0 Å². The predicted octanol–water partition coefficient (Wildman–Crippen LogP) is 14.4. The minimum atomic E-state index is 0.909. The van der Waals surface area contributed by atoms with E-state index in [4.69, 9.17) is 4.42 Å². The molecule has 0 N–H and O–H groups in total. The van der Waals surface area contributed by atoms with Gasteiger partial charge in [0.2, 0.25) is 0 Å². The molecule has 0 spiro atoms. The van der Waals surface area contributed by atoms with Crippen LogP contribution in [0.3, 0.4) is 0 Å². The number of hydrogen-bond donors (Lipinski definition) is 0. The molecule has 0 atom stereocenters. The first-order valence-corrected chi connectivity index (χ1v) is 17.6. The second-order valence-electron chi connectivity index (χ2n) is 13.6. The van der Waals surface area contributed by atoms with Crippen LogP contribution in [0, 0.1) is 0 Å². The van der Waals surface area contributed by atoms with E-state index in [0.717, 1.165) is 16.6 Å². The zero-order chi connectivity index (χ0) is 33.5. The Morgan fingerprint density at radius 1 is 0.275 bits per heavy atom. The lowest BCUT2D eigenvalue weighted by molar-refractivity contribution is 0.669. The van der Waals surface area contributed by atoms with Gasteiger partial charge in [0.25, 0.3) is 0 Å². The summed E-state index contributed by atoms with van der Waals surface area (Å²) in [7, 11) is 0. The van der Waals surface area contributed by atoms with E-state index in [-0.39, 0.29) is 0 Å². The van der Waals surface area contributed by atoms with Crippen LogP contribution in [0.15, 0.2) is 186 Å². The predicted molar refractivity (Wildman–Crippen MR) is 218 cm³/mol. The smallest absolute Gasteiger partial charge is 0.136 e. The van der Waals surface area contributed by atoms with Crippen LogP contribution in [0.4, 0.5) is 0 Å². The molecule has 0 aliphatic heterocycles. The van der Waals surface area contributed by atoms with Gasteiger partial charge in [0.1, 0.15) is 11.2 Å². The van der Waals surface area contributed by atoms with Crippen LogP contribution in [0.25, 0.3) is 109 Å².